The molecule has 7 atom stereocenters. The lowest BCUT2D eigenvalue weighted by atomic mass is 9.96. The summed E-state index contributed by atoms with van der Waals surface area (Å²) in [6.07, 6.45) is -5.65. The average molecular weight is 569 g/mol. The van der Waals surface area contributed by atoms with Gasteiger partial charge in [-0.25, -0.2) is 0 Å². The summed E-state index contributed by atoms with van der Waals surface area (Å²) in [5, 5.41) is 36.5. The number of benzene rings is 1. The molecule has 15 heteroatoms. The third kappa shape index (κ3) is 10.2. The van der Waals surface area contributed by atoms with Crippen molar-refractivity contribution >= 4 is 29.6 Å². The van der Waals surface area contributed by atoms with Crippen molar-refractivity contribution in [1.82, 2.24) is 16.0 Å². The summed E-state index contributed by atoms with van der Waals surface area (Å²) in [6, 6.07) is 5.57. The lowest BCUT2D eigenvalue weighted by Crippen LogP contribution is -2.65. The van der Waals surface area contributed by atoms with Gasteiger partial charge in [-0.3, -0.25) is 24.0 Å². The van der Waals surface area contributed by atoms with Gasteiger partial charge in [0.05, 0.1) is 13.2 Å². The SMILES string of the molecule is CC(=O)N[C@H]1[C@@H](OCc2ccccc2)O[C@H](CO)[C@@H](O)[C@@H]1OCC(=O)N[C@@H](C)C(=O)N[C@H](CCC(=O)O)C(N)=O. The molecule has 15 nitrogen and oxygen atoms in total. The number of nitrogens with one attached hydrogen (secondary N) is 3. The molecule has 1 aromatic carbocycles. The number of carbonyl (C=O) groups is 5. The zero-order valence-electron chi connectivity index (χ0n) is 22.1. The molecule has 1 fully saturated rings. The van der Waals surface area contributed by atoms with Crippen molar-refractivity contribution < 1.29 is 53.5 Å². The van der Waals surface area contributed by atoms with Crippen molar-refractivity contribution in [2.24, 2.45) is 5.73 Å². The highest BCUT2D eigenvalue weighted by Crippen LogP contribution is 2.25. The number of hydrogen-bond acceptors (Lipinski definition) is 10. The Balaban J connectivity index is 2.04. The summed E-state index contributed by atoms with van der Waals surface area (Å²) in [6.45, 7) is 1.36. The first-order valence-corrected chi connectivity index (χ1v) is 12.5. The Morgan fingerprint density at radius 1 is 1.10 bits per heavy atom. The minimum Gasteiger partial charge on any atom is -0.481 e. The Hall–Kier alpha value is -3.63. The number of aliphatic carboxylic acids is 1. The van der Waals surface area contributed by atoms with Gasteiger partial charge >= 0.3 is 5.97 Å². The fourth-order valence-corrected chi connectivity index (χ4v) is 3.92. The molecule has 0 aliphatic carbocycles. The van der Waals surface area contributed by atoms with Crippen molar-refractivity contribution in [3.63, 3.8) is 0 Å². The molecule has 4 amide bonds. The second-order valence-corrected chi connectivity index (χ2v) is 9.20. The Bertz CT molecular complexity index is 1030. The van der Waals surface area contributed by atoms with Crippen LogP contribution in [0.15, 0.2) is 30.3 Å². The molecule has 0 aromatic heterocycles. The summed E-state index contributed by atoms with van der Waals surface area (Å²) in [4.78, 5) is 59.2. The Morgan fingerprint density at radius 3 is 2.35 bits per heavy atom. The predicted octanol–water partition coefficient (Wildman–Crippen LogP) is -2.49. The van der Waals surface area contributed by atoms with E-state index in [4.69, 9.17) is 25.1 Å². The van der Waals surface area contributed by atoms with E-state index in [2.05, 4.69) is 16.0 Å². The van der Waals surface area contributed by atoms with Gasteiger partial charge in [-0.05, 0) is 18.9 Å². The van der Waals surface area contributed by atoms with Crippen LogP contribution in [0, 0.1) is 0 Å². The number of amides is 4. The molecule has 0 spiro atoms. The predicted molar refractivity (Wildman–Crippen MR) is 136 cm³/mol. The first kappa shape index (κ1) is 32.6. The Morgan fingerprint density at radius 2 is 1.77 bits per heavy atom. The molecule has 0 saturated carbocycles. The van der Waals surface area contributed by atoms with Gasteiger partial charge in [0.1, 0.15) is 43.0 Å². The molecule has 222 valence electrons. The third-order valence-electron chi connectivity index (χ3n) is 5.97. The van der Waals surface area contributed by atoms with Crippen molar-refractivity contribution in [2.75, 3.05) is 13.2 Å². The van der Waals surface area contributed by atoms with Crippen LogP contribution in [0.2, 0.25) is 0 Å². The second kappa shape index (κ2) is 15.8. The monoisotopic (exact) mass is 568 g/mol. The highest BCUT2D eigenvalue weighted by molar-refractivity contribution is 5.91. The lowest BCUT2D eigenvalue weighted by Gasteiger charge is -2.44. The van der Waals surface area contributed by atoms with Crippen LogP contribution < -0.4 is 21.7 Å². The summed E-state index contributed by atoms with van der Waals surface area (Å²) in [5.74, 6) is -4.18. The number of hydrogen-bond donors (Lipinski definition) is 7. The van der Waals surface area contributed by atoms with Gasteiger partial charge in [0, 0.05) is 13.3 Å². The maximum absolute atomic E-state index is 12.5. The summed E-state index contributed by atoms with van der Waals surface area (Å²) < 4.78 is 17.1. The first-order valence-electron chi connectivity index (χ1n) is 12.5. The number of carboxylic acids is 1. The molecule has 1 aromatic rings. The van der Waals surface area contributed by atoms with Crippen molar-refractivity contribution in [1.29, 1.82) is 0 Å². The van der Waals surface area contributed by atoms with Crippen LogP contribution >= 0.6 is 0 Å². The molecular formula is C25H36N4O11. The second-order valence-electron chi connectivity index (χ2n) is 9.20. The normalized spacial score (nSPS) is 23.9. The molecule has 40 heavy (non-hydrogen) atoms. The molecule has 1 aliphatic rings. The molecule has 8 N–H and O–H groups in total. The van der Waals surface area contributed by atoms with Gasteiger partial charge < -0.3 is 51.2 Å². The molecular weight excluding hydrogens is 532 g/mol. The number of carboxylic acid groups (broad SMARTS) is 1. The van der Waals surface area contributed by atoms with Crippen molar-refractivity contribution in [3.8, 4) is 0 Å². The number of rotatable bonds is 15. The molecule has 1 aliphatic heterocycles. The summed E-state index contributed by atoms with van der Waals surface area (Å²) >= 11 is 0. The summed E-state index contributed by atoms with van der Waals surface area (Å²) in [5.41, 5.74) is 6.00. The van der Waals surface area contributed by atoms with E-state index >= 15 is 0 Å². The smallest absolute Gasteiger partial charge is 0.303 e. The van der Waals surface area contributed by atoms with Crippen LogP contribution in [-0.2, 0) is 44.8 Å². The van der Waals surface area contributed by atoms with Crippen LogP contribution in [-0.4, -0.2) is 101 Å². The molecule has 2 rings (SSSR count). The zero-order valence-corrected chi connectivity index (χ0v) is 22.1. The molecule has 1 heterocycles. The van der Waals surface area contributed by atoms with Crippen LogP contribution in [0.4, 0.5) is 0 Å². The van der Waals surface area contributed by atoms with Crippen LogP contribution in [0.5, 0.6) is 0 Å². The topological polar surface area (TPSA) is 236 Å². The van der Waals surface area contributed by atoms with Crippen LogP contribution in [0.1, 0.15) is 32.3 Å². The van der Waals surface area contributed by atoms with E-state index in [9.17, 15) is 34.2 Å². The first-order chi connectivity index (χ1) is 18.9. The number of nitrogens with two attached hydrogens (primary N) is 1. The van der Waals surface area contributed by atoms with E-state index in [1.807, 2.05) is 30.3 Å². The fraction of sp³-hybridized carbons (Fsp3) is 0.560. The van der Waals surface area contributed by atoms with E-state index < -0.39 is 92.0 Å². The third-order valence-corrected chi connectivity index (χ3v) is 5.97. The van der Waals surface area contributed by atoms with Gasteiger partial charge in [-0.2, -0.15) is 0 Å². The van der Waals surface area contributed by atoms with Gasteiger partial charge in [0.2, 0.25) is 23.6 Å². The largest absolute Gasteiger partial charge is 0.481 e. The Labute approximate surface area is 230 Å². The number of aliphatic hydroxyl groups is 2. The highest BCUT2D eigenvalue weighted by atomic mass is 16.7. The standard InChI is InChI=1S/C25H36N4O11/c1-13(24(37)29-16(23(26)36)8-9-19(33)34)27-18(32)12-38-22-20(28-14(2)31)25(40-17(10-30)21(22)35)39-11-15-6-4-3-5-7-15/h3-7,13,16-17,20-22,25,30,35H,8-12H2,1-2H3,(H2,26,36)(H,27,32)(H,28,31)(H,29,37)(H,33,34)/t13-,16+,17+,20+,21+,22+,25-/m0/s1. The number of ether oxygens (including phenoxy) is 3. The maximum atomic E-state index is 12.5. The minimum absolute atomic E-state index is 0.0778. The van der Waals surface area contributed by atoms with Gasteiger partial charge in [-0.1, -0.05) is 30.3 Å². The molecule has 0 radical (unpaired) electrons. The van der Waals surface area contributed by atoms with E-state index in [0.29, 0.717) is 0 Å². The van der Waals surface area contributed by atoms with E-state index in [1.165, 1.54) is 13.8 Å². The van der Waals surface area contributed by atoms with Crippen LogP contribution in [0.3, 0.4) is 0 Å². The minimum atomic E-state index is -1.46. The van der Waals surface area contributed by atoms with E-state index in [1.54, 1.807) is 0 Å². The van der Waals surface area contributed by atoms with Crippen molar-refractivity contribution in [3.05, 3.63) is 35.9 Å². The number of carbonyl (C=O) groups excluding carboxylic acids is 4. The highest BCUT2D eigenvalue weighted by Gasteiger charge is 2.47. The lowest BCUT2D eigenvalue weighted by molar-refractivity contribution is -0.279. The molecule has 0 unspecified atom stereocenters. The van der Waals surface area contributed by atoms with E-state index in [0.717, 1.165) is 5.56 Å². The van der Waals surface area contributed by atoms with Crippen molar-refractivity contribution in [2.45, 2.75) is 76.0 Å². The number of aliphatic hydroxyl groups excluding tert-OH is 2. The molecule has 0 bridgehead atoms. The Kier molecular flexibility index (Phi) is 12.9. The van der Waals surface area contributed by atoms with E-state index in [-0.39, 0.29) is 13.0 Å². The fourth-order valence-electron chi connectivity index (χ4n) is 3.92. The summed E-state index contributed by atoms with van der Waals surface area (Å²) in [7, 11) is 0. The molecule has 1 saturated heterocycles. The van der Waals surface area contributed by atoms with Crippen LogP contribution in [0.25, 0.3) is 0 Å². The van der Waals surface area contributed by atoms with Gasteiger partial charge in [0.15, 0.2) is 6.29 Å². The quantitative estimate of drug-likeness (QED) is 0.117. The van der Waals surface area contributed by atoms with Gasteiger partial charge in [0.25, 0.3) is 0 Å². The average Bonchev–Trinajstić information content (AvgIpc) is 2.90. The number of primary amides is 1. The maximum Gasteiger partial charge on any atom is 0.303 e. The zero-order chi connectivity index (χ0) is 29.8. The van der Waals surface area contributed by atoms with Gasteiger partial charge in [-0.15, -0.1) is 0 Å².